The molecule has 1 amide bonds. The Hall–Kier alpha value is -2.50. The van der Waals surface area contributed by atoms with Crippen LogP contribution in [0.5, 0.6) is 0 Å². The summed E-state index contributed by atoms with van der Waals surface area (Å²) in [7, 11) is 0. The first-order valence-corrected chi connectivity index (χ1v) is 5.71. The Labute approximate surface area is 113 Å². The molecule has 20 heavy (non-hydrogen) atoms. The summed E-state index contributed by atoms with van der Waals surface area (Å²) in [4.78, 5) is 11.8. The van der Waals surface area contributed by atoms with Crippen LogP contribution in [0.3, 0.4) is 0 Å². The van der Waals surface area contributed by atoms with Crippen LogP contribution in [0.15, 0.2) is 30.3 Å². The maximum absolute atomic E-state index is 13.7. The van der Waals surface area contributed by atoms with Gasteiger partial charge in [0.2, 0.25) is 0 Å². The molecule has 0 spiro atoms. The molecule has 2 aromatic rings. The molecule has 0 aliphatic rings. The third-order valence-electron chi connectivity index (χ3n) is 2.79. The quantitative estimate of drug-likeness (QED) is 0.830. The predicted octanol–water partition coefficient (Wildman–Crippen LogP) is 3.25. The van der Waals surface area contributed by atoms with E-state index >= 15 is 0 Å². The van der Waals surface area contributed by atoms with E-state index in [0.717, 1.165) is 12.1 Å². The van der Waals surface area contributed by atoms with Crippen molar-refractivity contribution >= 4 is 17.3 Å². The summed E-state index contributed by atoms with van der Waals surface area (Å²) < 4.78 is 40.5. The van der Waals surface area contributed by atoms with Crippen LogP contribution in [-0.2, 0) is 0 Å². The Kier molecular flexibility index (Phi) is 3.65. The minimum atomic E-state index is -0.905. The maximum atomic E-state index is 13.7. The number of carbonyl (C=O) groups excluding carboxylic acids is 1. The van der Waals surface area contributed by atoms with Crippen molar-refractivity contribution in [2.75, 3.05) is 11.1 Å². The number of rotatable bonds is 2. The van der Waals surface area contributed by atoms with Crippen LogP contribution in [0, 0.1) is 24.4 Å². The Bertz CT molecular complexity index is 686. The molecule has 2 aromatic carbocycles. The molecule has 0 saturated heterocycles. The van der Waals surface area contributed by atoms with Gasteiger partial charge in [-0.25, -0.2) is 13.2 Å². The van der Waals surface area contributed by atoms with E-state index in [9.17, 15) is 18.0 Å². The molecule has 6 heteroatoms. The Morgan fingerprint density at radius 1 is 1.10 bits per heavy atom. The van der Waals surface area contributed by atoms with Gasteiger partial charge in [0.05, 0.1) is 5.69 Å². The van der Waals surface area contributed by atoms with Crippen molar-refractivity contribution in [3.63, 3.8) is 0 Å². The van der Waals surface area contributed by atoms with Crippen LogP contribution >= 0.6 is 0 Å². The fourth-order valence-electron chi connectivity index (χ4n) is 1.63. The van der Waals surface area contributed by atoms with E-state index in [1.807, 2.05) is 0 Å². The summed E-state index contributed by atoms with van der Waals surface area (Å²) in [6, 6.07) is 5.66. The summed E-state index contributed by atoms with van der Waals surface area (Å²) in [6.45, 7) is 1.44. The van der Waals surface area contributed by atoms with E-state index in [4.69, 9.17) is 5.73 Å². The zero-order valence-corrected chi connectivity index (χ0v) is 10.5. The zero-order valence-electron chi connectivity index (χ0n) is 10.5. The average Bonchev–Trinajstić information content (AvgIpc) is 2.42. The molecule has 0 bridgehead atoms. The summed E-state index contributed by atoms with van der Waals surface area (Å²) in [5, 5.41) is 2.09. The smallest absolute Gasteiger partial charge is 0.255 e. The Morgan fingerprint density at radius 3 is 2.45 bits per heavy atom. The lowest BCUT2D eigenvalue weighted by Crippen LogP contribution is -2.15. The first-order chi connectivity index (χ1) is 9.40. The van der Waals surface area contributed by atoms with Crippen molar-refractivity contribution in [1.29, 1.82) is 0 Å². The highest BCUT2D eigenvalue weighted by atomic mass is 19.1. The van der Waals surface area contributed by atoms with Gasteiger partial charge in [-0.2, -0.15) is 0 Å². The van der Waals surface area contributed by atoms with Gasteiger partial charge in [0.1, 0.15) is 17.3 Å². The van der Waals surface area contributed by atoms with Gasteiger partial charge in [0, 0.05) is 5.56 Å². The number of anilines is 2. The number of hydrogen-bond acceptors (Lipinski definition) is 2. The third-order valence-corrected chi connectivity index (χ3v) is 2.79. The molecule has 0 atom stereocenters. The molecular formula is C14H11F3N2O. The predicted molar refractivity (Wildman–Crippen MR) is 69.9 cm³/mol. The number of nitrogens with two attached hydrogens (primary N) is 1. The van der Waals surface area contributed by atoms with E-state index in [-0.39, 0.29) is 16.8 Å². The zero-order chi connectivity index (χ0) is 14.9. The average molecular weight is 280 g/mol. The molecule has 104 valence electrons. The number of nitrogen functional groups attached to an aromatic ring is 1. The number of hydrogen-bond donors (Lipinski definition) is 2. The number of benzene rings is 2. The molecular weight excluding hydrogens is 269 g/mol. The molecule has 0 unspecified atom stereocenters. The molecule has 2 rings (SSSR count). The van der Waals surface area contributed by atoms with Crippen molar-refractivity contribution in [2.45, 2.75) is 6.92 Å². The highest BCUT2D eigenvalue weighted by Crippen LogP contribution is 2.22. The van der Waals surface area contributed by atoms with Crippen molar-refractivity contribution in [3.8, 4) is 0 Å². The molecule has 0 saturated carbocycles. The van der Waals surface area contributed by atoms with Crippen LogP contribution in [0.2, 0.25) is 0 Å². The van der Waals surface area contributed by atoms with Crippen molar-refractivity contribution in [3.05, 3.63) is 58.9 Å². The summed E-state index contributed by atoms with van der Waals surface area (Å²) >= 11 is 0. The molecule has 0 fully saturated rings. The van der Waals surface area contributed by atoms with Crippen LogP contribution in [-0.4, -0.2) is 5.91 Å². The van der Waals surface area contributed by atoms with Gasteiger partial charge < -0.3 is 11.1 Å². The second kappa shape index (κ2) is 5.24. The number of aryl methyl sites for hydroxylation is 1. The number of amides is 1. The lowest BCUT2D eigenvalue weighted by molar-refractivity contribution is 0.102. The van der Waals surface area contributed by atoms with Crippen LogP contribution in [0.1, 0.15) is 15.9 Å². The summed E-state index contributed by atoms with van der Waals surface area (Å²) in [6.07, 6.45) is 0. The second-order valence-corrected chi connectivity index (χ2v) is 4.24. The highest BCUT2D eigenvalue weighted by molar-refractivity contribution is 6.04. The normalized spacial score (nSPS) is 10.4. The van der Waals surface area contributed by atoms with Crippen LogP contribution < -0.4 is 11.1 Å². The van der Waals surface area contributed by atoms with E-state index in [1.54, 1.807) is 0 Å². The van der Waals surface area contributed by atoms with E-state index in [2.05, 4.69) is 5.32 Å². The summed E-state index contributed by atoms with van der Waals surface area (Å²) in [5.41, 5.74) is 4.70. The lowest BCUT2D eigenvalue weighted by atomic mass is 10.1. The summed E-state index contributed by atoms with van der Waals surface area (Å²) in [5.74, 6) is -3.37. The topological polar surface area (TPSA) is 55.1 Å². The maximum Gasteiger partial charge on any atom is 0.255 e. The van der Waals surface area contributed by atoms with E-state index < -0.39 is 29.0 Å². The van der Waals surface area contributed by atoms with Gasteiger partial charge in [-0.15, -0.1) is 0 Å². The number of carbonyl (C=O) groups is 1. The van der Waals surface area contributed by atoms with Crippen molar-refractivity contribution in [2.24, 2.45) is 0 Å². The molecule has 0 aliphatic heterocycles. The second-order valence-electron chi connectivity index (χ2n) is 4.24. The van der Waals surface area contributed by atoms with Crippen LogP contribution in [0.25, 0.3) is 0 Å². The lowest BCUT2D eigenvalue weighted by Gasteiger charge is -2.09. The van der Waals surface area contributed by atoms with Gasteiger partial charge in [-0.05, 0) is 36.8 Å². The molecule has 3 N–H and O–H groups in total. The van der Waals surface area contributed by atoms with E-state index in [0.29, 0.717) is 0 Å². The van der Waals surface area contributed by atoms with Gasteiger partial charge in [-0.3, -0.25) is 4.79 Å². The fourth-order valence-corrected chi connectivity index (χ4v) is 1.63. The Balaban J connectivity index is 2.32. The molecule has 0 heterocycles. The Morgan fingerprint density at radius 2 is 1.80 bits per heavy atom. The first kappa shape index (κ1) is 13.9. The molecule has 0 aromatic heterocycles. The highest BCUT2D eigenvalue weighted by Gasteiger charge is 2.16. The van der Waals surface area contributed by atoms with Crippen molar-refractivity contribution in [1.82, 2.24) is 0 Å². The molecule has 3 nitrogen and oxygen atoms in total. The number of halogens is 3. The fraction of sp³-hybridized carbons (Fsp3) is 0.0714. The molecule has 0 radical (unpaired) electrons. The van der Waals surface area contributed by atoms with Gasteiger partial charge in [0.25, 0.3) is 5.91 Å². The van der Waals surface area contributed by atoms with Gasteiger partial charge in [-0.1, -0.05) is 6.07 Å². The third kappa shape index (κ3) is 2.59. The monoisotopic (exact) mass is 280 g/mol. The molecule has 0 aliphatic carbocycles. The standard InChI is InChI=1S/C14H11F3N2O/c1-7-2-4-9(15)13(12(7)17)19-14(20)8-3-5-11(18)10(16)6-8/h2-6H,18H2,1H3,(H,19,20). The SMILES string of the molecule is Cc1ccc(F)c(NC(=O)c2ccc(N)c(F)c2)c1F. The largest absolute Gasteiger partial charge is 0.396 e. The number of nitrogens with one attached hydrogen (secondary N) is 1. The van der Waals surface area contributed by atoms with Gasteiger partial charge >= 0.3 is 0 Å². The van der Waals surface area contributed by atoms with Gasteiger partial charge in [0.15, 0.2) is 5.82 Å². The van der Waals surface area contributed by atoms with Crippen molar-refractivity contribution < 1.29 is 18.0 Å². The van der Waals surface area contributed by atoms with E-state index in [1.165, 1.54) is 25.1 Å². The van der Waals surface area contributed by atoms with Crippen LogP contribution in [0.4, 0.5) is 24.5 Å². The minimum absolute atomic E-state index is 0.0861. The minimum Gasteiger partial charge on any atom is -0.396 e. The first-order valence-electron chi connectivity index (χ1n) is 5.71.